The van der Waals surface area contributed by atoms with Crippen molar-refractivity contribution < 1.29 is 23.6 Å². The summed E-state index contributed by atoms with van der Waals surface area (Å²) >= 11 is 1.44. The molecule has 0 saturated heterocycles. The molecule has 0 fully saturated rings. The van der Waals surface area contributed by atoms with Crippen molar-refractivity contribution in [2.24, 2.45) is 5.92 Å². The SMILES string of the molecule is COc1cccc(CCC(=O)Nc2sc3c(c2C#N)CCC(COC(=O)NCc2ccno2)C3)c1. The van der Waals surface area contributed by atoms with Gasteiger partial charge in [0.05, 0.1) is 32.0 Å². The Morgan fingerprint density at radius 3 is 3.00 bits per heavy atom. The first kappa shape index (κ1) is 24.3. The minimum Gasteiger partial charge on any atom is -0.497 e. The van der Waals surface area contributed by atoms with Crippen LogP contribution in [0.3, 0.4) is 0 Å². The van der Waals surface area contributed by atoms with Crippen LogP contribution in [0.25, 0.3) is 0 Å². The summed E-state index contributed by atoms with van der Waals surface area (Å²) in [6.45, 7) is 0.495. The number of anilines is 1. The van der Waals surface area contributed by atoms with Crippen LogP contribution in [0, 0.1) is 17.2 Å². The van der Waals surface area contributed by atoms with E-state index in [1.165, 1.54) is 17.5 Å². The Morgan fingerprint density at radius 1 is 1.34 bits per heavy atom. The van der Waals surface area contributed by atoms with Crippen LogP contribution in [0.5, 0.6) is 5.75 Å². The monoisotopic (exact) mass is 494 g/mol. The van der Waals surface area contributed by atoms with Crippen molar-refractivity contribution in [2.45, 2.75) is 38.6 Å². The Bertz CT molecular complexity index is 1220. The number of nitrogens with zero attached hydrogens (tertiary/aromatic N) is 2. The molecule has 2 N–H and O–H groups in total. The standard InChI is InChI=1S/C25H26N4O5S/c1-32-18-4-2-3-16(11-18)6-8-23(30)29-24-21(13-26)20-7-5-17(12-22(20)35-24)15-33-25(31)27-14-19-9-10-28-34-19/h2-4,9-11,17H,5-8,12,14-15H2,1H3,(H,27,31)(H,29,30). The van der Waals surface area contributed by atoms with Crippen LogP contribution in [0.15, 0.2) is 41.1 Å². The topological polar surface area (TPSA) is 126 Å². The van der Waals surface area contributed by atoms with Gasteiger partial charge in [0, 0.05) is 17.4 Å². The molecular weight excluding hydrogens is 468 g/mol. The maximum Gasteiger partial charge on any atom is 0.407 e. The normalized spacial score (nSPS) is 14.5. The lowest BCUT2D eigenvalue weighted by atomic mass is 9.88. The lowest BCUT2D eigenvalue weighted by Gasteiger charge is -2.21. The van der Waals surface area contributed by atoms with Crippen LogP contribution in [0.1, 0.15) is 40.2 Å². The number of alkyl carbamates (subject to hydrolysis) is 1. The van der Waals surface area contributed by atoms with E-state index in [4.69, 9.17) is 14.0 Å². The van der Waals surface area contributed by atoms with Crippen LogP contribution >= 0.6 is 11.3 Å². The molecule has 1 unspecified atom stereocenters. The minimum absolute atomic E-state index is 0.133. The number of methoxy groups -OCH3 is 1. The summed E-state index contributed by atoms with van der Waals surface area (Å²) in [7, 11) is 1.61. The molecule has 0 spiro atoms. The predicted molar refractivity (Wildman–Crippen MR) is 129 cm³/mol. The lowest BCUT2D eigenvalue weighted by molar-refractivity contribution is -0.116. The molecule has 35 heavy (non-hydrogen) atoms. The summed E-state index contributed by atoms with van der Waals surface area (Å²) in [6.07, 6.45) is 4.09. The molecule has 1 aliphatic rings. The largest absolute Gasteiger partial charge is 0.497 e. The summed E-state index contributed by atoms with van der Waals surface area (Å²) in [4.78, 5) is 25.6. The molecule has 182 valence electrons. The van der Waals surface area contributed by atoms with Gasteiger partial charge in [0.2, 0.25) is 5.91 Å². The van der Waals surface area contributed by atoms with E-state index in [1.807, 2.05) is 24.3 Å². The average molecular weight is 495 g/mol. The van der Waals surface area contributed by atoms with Crippen molar-refractivity contribution in [3.63, 3.8) is 0 Å². The fraction of sp³-hybridized carbons (Fsp3) is 0.360. The number of fused-ring (bicyclic) bond motifs is 1. The number of aromatic nitrogens is 1. The average Bonchev–Trinajstić information content (AvgIpc) is 3.52. The summed E-state index contributed by atoms with van der Waals surface area (Å²) in [6, 6.07) is 11.6. The van der Waals surface area contributed by atoms with E-state index in [2.05, 4.69) is 21.9 Å². The van der Waals surface area contributed by atoms with Gasteiger partial charge in [-0.2, -0.15) is 5.26 Å². The number of amides is 2. The third-order valence-electron chi connectivity index (χ3n) is 5.86. The third kappa shape index (κ3) is 6.39. The van der Waals surface area contributed by atoms with E-state index >= 15 is 0 Å². The quantitative estimate of drug-likeness (QED) is 0.456. The molecule has 0 bridgehead atoms. The molecule has 4 rings (SSSR count). The Balaban J connectivity index is 1.29. The number of aryl methyl sites for hydroxylation is 1. The Hall–Kier alpha value is -3.84. The van der Waals surface area contributed by atoms with E-state index in [0.29, 0.717) is 42.0 Å². The third-order valence-corrected chi connectivity index (χ3v) is 7.03. The van der Waals surface area contributed by atoms with Crippen LogP contribution in [-0.2, 0) is 35.3 Å². The zero-order valence-corrected chi connectivity index (χ0v) is 20.2. The predicted octanol–water partition coefficient (Wildman–Crippen LogP) is 4.22. The molecule has 0 saturated carbocycles. The number of carbonyl (C=O) groups is 2. The van der Waals surface area contributed by atoms with Crippen molar-refractivity contribution in [1.82, 2.24) is 10.5 Å². The number of rotatable bonds is 9. The second kappa shape index (κ2) is 11.5. The van der Waals surface area contributed by atoms with E-state index in [9.17, 15) is 14.9 Å². The van der Waals surface area contributed by atoms with Crippen LogP contribution in [0.4, 0.5) is 9.80 Å². The highest BCUT2D eigenvalue weighted by Gasteiger charge is 2.27. The molecule has 3 aromatic rings. The Morgan fingerprint density at radius 2 is 2.23 bits per heavy atom. The molecule has 2 aromatic heterocycles. The second-order valence-electron chi connectivity index (χ2n) is 8.26. The van der Waals surface area contributed by atoms with Gasteiger partial charge in [-0.05, 0) is 54.9 Å². The molecule has 0 radical (unpaired) electrons. The number of hydrogen-bond acceptors (Lipinski definition) is 8. The van der Waals surface area contributed by atoms with Crippen molar-refractivity contribution in [2.75, 3.05) is 19.0 Å². The van der Waals surface area contributed by atoms with Gasteiger partial charge in [0.15, 0.2) is 5.76 Å². The van der Waals surface area contributed by atoms with Crippen LogP contribution in [-0.4, -0.2) is 30.9 Å². The number of carbonyl (C=O) groups excluding carboxylic acids is 2. The minimum atomic E-state index is -0.514. The Labute approximate surface area is 207 Å². The van der Waals surface area contributed by atoms with Gasteiger partial charge in [-0.15, -0.1) is 11.3 Å². The second-order valence-corrected chi connectivity index (χ2v) is 9.36. The molecule has 2 heterocycles. The maximum atomic E-state index is 12.6. The number of ether oxygens (including phenoxy) is 2. The number of nitriles is 1. The van der Waals surface area contributed by atoms with Crippen molar-refractivity contribution >= 4 is 28.3 Å². The van der Waals surface area contributed by atoms with Crippen molar-refractivity contribution in [3.8, 4) is 11.8 Å². The van der Waals surface area contributed by atoms with Gasteiger partial charge in [0.25, 0.3) is 0 Å². The van der Waals surface area contributed by atoms with Gasteiger partial charge in [-0.3, -0.25) is 4.79 Å². The molecule has 1 aromatic carbocycles. The van der Waals surface area contributed by atoms with E-state index < -0.39 is 6.09 Å². The fourth-order valence-electron chi connectivity index (χ4n) is 4.01. The summed E-state index contributed by atoms with van der Waals surface area (Å²) in [5.41, 5.74) is 2.55. The number of hydrogen-bond donors (Lipinski definition) is 2. The molecule has 10 heteroatoms. The van der Waals surface area contributed by atoms with Crippen molar-refractivity contribution in [1.29, 1.82) is 5.26 Å². The first-order valence-corrected chi connectivity index (χ1v) is 12.1. The summed E-state index contributed by atoms with van der Waals surface area (Å²) in [5, 5.41) is 19.5. The first-order chi connectivity index (χ1) is 17.1. The molecule has 1 atom stereocenters. The highest BCUT2D eigenvalue weighted by molar-refractivity contribution is 7.16. The molecule has 2 amide bonds. The Kier molecular flexibility index (Phi) is 8.00. The lowest BCUT2D eigenvalue weighted by Crippen LogP contribution is -2.27. The molecule has 1 aliphatic carbocycles. The van der Waals surface area contributed by atoms with Crippen molar-refractivity contribution in [3.05, 3.63) is 63.9 Å². The molecule has 9 nitrogen and oxygen atoms in total. The van der Waals surface area contributed by atoms with Gasteiger partial charge in [-0.1, -0.05) is 17.3 Å². The van der Waals surface area contributed by atoms with E-state index in [1.54, 1.807) is 13.2 Å². The smallest absolute Gasteiger partial charge is 0.407 e. The summed E-state index contributed by atoms with van der Waals surface area (Å²) in [5.74, 6) is 1.32. The fourth-order valence-corrected chi connectivity index (χ4v) is 5.34. The van der Waals surface area contributed by atoms with Gasteiger partial charge < -0.3 is 24.6 Å². The zero-order valence-electron chi connectivity index (χ0n) is 19.3. The number of benzene rings is 1. The van der Waals surface area contributed by atoms with Gasteiger partial charge in [0.1, 0.15) is 16.8 Å². The van der Waals surface area contributed by atoms with Gasteiger partial charge in [-0.25, -0.2) is 4.79 Å². The molecule has 0 aliphatic heterocycles. The maximum absolute atomic E-state index is 12.6. The summed E-state index contributed by atoms with van der Waals surface area (Å²) < 4.78 is 15.5. The first-order valence-electron chi connectivity index (χ1n) is 11.3. The van der Waals surface area contributed by atoms with E-state index in [-0.39, 0.29) is 25.0 Å². The number of thiophene rings is 1. The van der Waals surface area contributed by atoms with Crippen LogP contribution < -0.4 is 15.4 Å². The molecular formula is C25H26N4O5S. The van der Waals surface area contributed by atoms with Gasteiger partial charge >= 0.3 is 6.09 Å². The zero-order chi connectivity index (χ0) is 24.6. The number of nitrogens with one attached hydrogen (secondary N) is 2. The van der Waals surface area contributed by atoms with E-state index in [0.717, 1.165) is 28.2 Å². The highest BCUT2D eigenvalue weighted by atomic mass is 32.1. The van der Waals surface area contributed by atoms with Crippen LogP contribution in [0.2, 0.25) is 0 Å². The highest BCUT2D eigenvalue weighted by Crippen LogP contribution is 2.39.